The van der Waals surface area contributed by atoms with Crippen LogP contribution in [0.5, 0.6) is 0 Å². The van der Waals surface area contributed by atoms with Gasteiger partial charge in [0.2, 0.25) is 0 Å². The molecule has 0 aliphatic carbocycles. The predicted molar refractivity (Wildman–Crippen MR) is 16.2 cm³/mol. The summed E-state index contributed by atoms with van der Waals surface area (Å²) in [5.74, 6) is 0. The standard InChI is InChI=1S/C3H7O.Nd/c1-2-3-4;/h2-3H2,1H3;/q-1;+1. The average Bonchev–Trinajstić information content (AvgIpc) is 1.41. The van der Waals surface area contributed by atoms with Crippen LogP contribution in [0, 0.1) is 39.4 Å². The summed E-state index contributed by atoms with van der Waals surface area (Å²) in [6.45, 7) is 3.06. The van der Waals surface area contributed by atoms with Crippen LogP contribution in [0.1, 0.15) is 13.3 Å². The van der Waals surface area contributed by atoms with E-state index in [2.05, 4.69) is 6.92 Å². The van der Waals surface area contributed by atoms with Gasteiger partial charge in [-0.1, -0.05) is 0 Å². The third-order valence-electron chi connectivity index (χ3n) is 0.306. The Morgan fingerprint density at radius 3 is 2.40 bits per heavy atom. The third kappa shape index (κ3) is 5.31. The zero-order valence-corrected chi connectivity index (χ0v) is 6.53. The molecule has 0 fully saturated rings. The molecule has 0 unspecified atom stereocenters. The molecule has 0 N–H and O–H groups in total. The molecule has 0 aliphatic rings. The average molecular weight is 203 g/mol. The Morgan fingerprint density at radius 1 is 1.80 bits per heavy atom. The molecule has 0 aromatic heterocycles. The molecule has 0 heterocycles. The number of hydrogen-bond donors (Lipinski definition) is 0. The number of hydrogen-bond acceptors (Lipinski definition) is 1. The topological polar surface area (TPSA) is 9.23 Å². The summed E-state index contributed by atoms with van der Waals surface area (Å²) in [5.41, 5.74) is 0. The molecular weight excluding hydrogens is 196 g/mol. The zero-order chi connectivity index (χ0) is 4.12. The van der Waals surface area contributed by atoms with E-state index in [1.807, 2.05) is 0 Å². The first-order chi connectivity index (χ1) is 2.41. The molecule has 0 amide bonds. The molecule has 0 bridgehead atoms. The normalized spacial score (nSPS) is 8.00. The Bertz CT molecular complexity index is 14.4. The van der Waals surface area contributed by atoms with Gasteiger partial charge in [-0.25, -0.2) is 0 Å². The van der Waals surface area contributed by atoms with E-state index in [0.29, 0.717) is 0 Å². The zero-order valence-electron chi connectivity index (χ0n) is 3.32. The quantitative estimate of drug-likeness (QED) is 0.647. The summed E-state index contributed by atoms with van der Waals surface area (Å²) in [6.07, 6.45) is 1.16. The van der Waals surface area contributed by atoms with Crippen LogP contribution >= 0.6 is 0 Å². The Kier molecular flexibility index (Phi) is 6.70. The maximum atomic E-state index is 4.83. The summed E-state index contributed by atoms with van der Waals surface area (Å²) in [7, 11) is 0. The van der Waals surface area contributed by atoms with Crippen LogP contribution in [-0.4, -0.2) is 6.61 Å². The Hall–Kier alpha value is 1.31. The van der Waals surface area contributed by atoms with Crippen LogP contribution in [0.25, 0.3) is 0 Å². The second-order valence-corrected chi connectivity index (χ2v) is 1.77. The van der Waals surface area contributed by atoms with Gasteiger partial charge in [-0.05, 0) is 0 Å². The molecular formula is C3H7NdO. The van der Waals surface area contributed by atoms with E-state index in [4.69, 9.17) is 1.06 Å². The fourth-order valence-corrected chi connectivity index (χ4v) is 0.757. The molecule has 0 atom stereocenters. The van der Waals surface area contributed by atoms with Crippen molar-refractivity contribution in [3.8, 4) is 0 Å². The van der Waals surface area contributed by atoms with Gasteiger partial charge in [0.05, 0.1) is 0 Å². The monoisotopic (exact) mass is 201 g/mol. The second kappa shape index (κ2) is 5.31. The van der Waals surface area contributed by atoms with Crippen molar-refractivity contribution in [2.45, 2.75) is 13.3 Å². The van der Waals surface area contributed by atoms with E-state index >= 15 is 0 Å². The summed E-state index contributed by atoms with van der Waals surface area (Å²) >= 11 is 0.899. The molecule has 0 aromatic rings. The first kappa shape index (κ1) is 6.31. The molecule has 0 spiro atoms. The van der Waals surface area contributed by atoms with Crippen LogP contribution in [0.3, 0.4) is 0 Å². The van der Waals surface area contributed by atoms with Crippen molar-refractivity contribution in [3.05, 3.63) is 0 Å². The molecule has 5 heavy (non-hydrogen) atoms. The van der Waals surface area contributed by atoms with Crippen molar-refractivity contribution in [1.82, 2.24) is 0 Å². The van der Waals surface area contributed by atoms with E-state index in [0.717, 1.165) is 52.4 Å². The summed E-state index contributed by atoms with van der Waals surface area (Å²) < 4.78 is 4.83. The van der Waals surface area contributed by atoms with Crippen LogP contribution in [-0.2, 0) is 1.06 Å². The van der Waals surface area contributed by atoms with Gasteiger partial charge in [0.1, 0.15) is 0 Å². The van der Waals surface area contributed by atoms with E-state index in [1.165, 1.54) is 0 Å². The van der Waals surface area contributed by atoms with Gasteiger partial charge in [0.15, 0.2) is 0 Å². The van der Waals surface area contributed by atoms with E-state index in [1.54, 1.807) is 0 Å². The Labute approximate surface area is 59.8 Å². The van der Waals surface area contributed by atoms with Crippen molar-refractivity contribution in [3.63, 3.8) is 0 Å². The van der Waals surface area contributed by atoms with Crippen molar-refractivity contribution in [1.29, 1.82) is 0 Å². The maximum absolute atomic E-state index is 4.83. The Balaban J connectivity index is 2.19. The SMILES string of the molecule is CCC[O][Nd]. The van der Waals surface area contributed by atoms with Gasteiger partial charge in [-0.15, -0.1) is 0 Å². The molecule has 29 valence electrons. The molecule has 0 radical (unpaired) electrons. The van der Waals surface area contributed by atoms with Crippen molar-refractivity contribution in [2.75, 3.05) is 6.61 Å². The molecule has 0 aromatic carbocycles. The van der Waals surface area contributed by atoms with Crippen molar-refractivity contribution >= 4 is 0 Å². The second-order valence-electron chi connectivity index (χ2n) is 0.848. The Morgan fingerprint density at radius 2 is 2.40 bits per heavy atom. The fourth-order valence-electron chi connectivity index (χ4n) is 0.102. The van der Waals surface area contributed by atoms with Gasteiger partial charge in [0.25, 0.3) is 0 Å². The van der Waals surface area contributed by atoms with Gasteiger partial charge in [0, 0.05) is 0 Å². The first-order valence-electron chi connectivity index (χ1n) is 1.70. The van der Waals surface area contributed by atoms with Crippen molar-refractivity contribution < 1.29 is 40.4 Å². The molecule has 0 rings (SSSR count). The van der Waals surface area contributed by atoms with E-state index in [9.17, 15) is 0 Å². The fraction of sp³-hybridized carbons (Fsp3) is 1.00. The van der Waals surface area contributed by atoms with Crippen LogP contribution in [0.15, 0.2) is 0 Å². The van der Waals surface area contributed by atoms with Crippen molar-refractivity contribution in [2.24, 2.45) is 0 Å². The third-order valence-corrected chi connectivity index (χ3v) is 0.961. The van der Waals surface area contributed by atoms with Gasteiger partial charge in [-0.2, -0.15) is 0 Å². The predicted octanol–water partition coefficient (Wildman–Crippen LogP) is 0.877. The summed E-state index contributed by atoms with van der Waals surface area (Å²) in [6, 6.07) is 0. The van der Waals surface area contributed by atoms with Gasteiger partial charge >= 0.3 is 60.4 Å². The summed E-state index contributed by atoms with van der Waals surface area (Å²) in [4.78, 5) is 0. The first-order valence-corrected chi connectivity index (χ1v) is 3.01. The van der Waals surface area contributed by atoms with Crippen LogP contribution in [0.4, 0.5) is 0 Å². The van der Waals surface area contributed by atoms with E-state index in [-0.39, 0.29) is 0 Å². The van der Waals surface area contributed by atoms with Crippen LogP contribution < -0.4 is 0 Å². The molecule has 0 saturated carbocycles. The molecule has 2 heteroatoms. The number of rotatable bonds is 2. The van der Waals surface area contributed by atoms with Gasteiger partial charge < -0.3 is 0 Å². The molecule has 0 aliphatic heterocycles. The van der Waals surface area contributed by atoms with E-state index < -0.39 is 0 Å². The van der Waals surface area contributed by atoms with Crippen LogP contribution in [0.2, 0.25) is 0 Å². The minimum atomic E-state index is 0.899. The summed E-state index contributed by atoms with van der Waals surface area (Å²) in [5, 5.41) is 0. The molecule has 1 nitrogen and oxygen atoms in total. The minimum absolute atomic E-state index is 0.899. The molecule has 0 saturated heterocycles. The van der Waals surface area contributed by atoms with Gasteiger partial charge in [-0.3, -0.25) is 0 Å².